The third kappa shape index (κ3) is 3.66. The zero-order valence-corrected chi connectivity index (χ0v) is 13.2. The van der Waals surface area contributed by atoms with Crippen LogP contribution in [0.15, 0.2) is 41.0 Å². The minimum Gasteiger partial charge on any atom is -0.355 e. The molecule has 1 aromatic carbocycles. The van der Waals surface area contributed by atoms with Crippen molar-refractivity contribution in [3.8, 4) is 0 Å². The molecule has 0 aliphatic carbocycles. The van der Waals surface area contributed by atoms with E-state index in [1.807, 2.05) is 6.92 Å². The number of hydrogen-bond donors (Lipinski definition) is 2. The van der Waals surface area contributed by atoms with Crippen LogP contribution in [-0.2, 0) is 0 Å². The van der Waals surface area contributed by atoms with Crippen LogP contribution in [0.25, 0.3) is 0 Å². The van der Waals surface area contributed by atoms with Gasteiger partial charge in [-0.3, -0.25) is 9.59 Å². The standard InChI is InChI=1S/C15H14BrN3O2/c1-9-3-4-10(14(20)17-2)7-13(9)19-15(21)12-6-5-11(16)8-18-12/h3-8H,1-2H3,(H,17,20)(H,19,21). The van der Waals surface area contributed by atoms with E-state index >= 15 is 0 Å². The topological polar surface area (TPSA) is 71.1 Å². The summed E-state index contributed by atoms with van der Waals surface area (Å²) in [6.45, 7) is 1.86. The Kier molecular flexibility index (Phi) is 4.70. The highest BCUT2D eigenvalue weighted by atomic mass is 79.9. The molecule has 1 aromatic heterocycles. The average Bonchev–Trinajstić information content (AvgIpc) is 2.49. The van der Waals surface area contributed by atoms with Gasteiger partial charge in [0.1, 0.15) is 5.69 Å². The number of nitrogens with zero attached hydrogens (tertiary/aromatic N) is 1. The van der Waals surface area contributed by atoms with Crippen molar-refractivity contribution in [2.45, 2.75) is 6.92 Å². The molecule has 0 spiro atoms. The van der Waals surface area contributed by atoms with E-state index in [1.54, 1.807) is 43.6 Å². The molecule has 2 rings (SSSR count). The summed E-state index contributed by atoms with van der Waals surface area (Å²) in [6.07, 6.45) is 1.56. The van der Waals surface area contributed by atoms with E-state index in [-0.39, 0.29) is 11.8 Å². The van der Waals surface area contributed by atoms with Gasteiger partial charge in [0.2, 0.25) is 0 Å². The molecule has 0 atom stereocenters. The summed E-state index contributed by atoms with van der Waals surface area (Å²) < 4.78 is 0.803. The smallest absolute Gasteiger partial charge is 0.274 e. The monoisotopic (exact) mass is 347 g/mol. The lowest BCUT2D eigenvalue weighted by molar-refractivity contribution is 0.0961. The van der Waals surface area contributed by atoms with Crippen LogP contribution in [0.1, 0.15) is 26.4 Å². The van der Waals surface area contributed by atoms with Crippen molar-refractivity contribution in [3.63, 3.8) is 0 Å². The van der Waals surface area contributed by atoms with Gasteiger partial charge in [-0.2, -0.15) is 0 Å². The van der Waals surface area contributed by atoms with E-state index in [4.69, 9.17) is 0 Å². The Balaban J connectivity index is 2.24. The van der Waals surface area contributed by atoms with Gasteiger partial charge in [-0.15, -0.1) is 0 Å². The molecule has 108 valence electrons. The molecule has 0 radical (unpaired) electrons. The average molecular weight is 348 g/mol. The lowest BCUT2D eigenvalue weighted by Gasteiger charge is -2.10. The minimum absolute atomic E-state index is 0.202. The zero-order chi connectivity index (χ0) is 15.4. The van der Waals surface area contributed by atoms with E-state index in [0.29, 0.717) is 16.9 Å². The normalized spacial score (nSPS) is 10.0. The number of hydrogen-bond acceptors (Lipinski definition) is 3. The van der Waals surface area contributed by atoms with Crippen molar-refractivity contribution in [2.24, 2.45) is 0 Å². The Bertz CT molecular complexity index is 684. The fourth-order valence-corrected chi connectivity index (χ4v) is 1.97. The van der Waals surface area contributed by atoms with Crippen molar-refractivity contribution in [3.05, 3.63) is 57.8 Å². The Labute approximate surface area is 130 Å². The number of aryl methyl sites for hydroxylation is 1. The SMILES string of the molecule is CNC(=O)c1ccc(C)c(NC(=O)c2ccc(Br)cn2)c1. The number of pyridine rings is 1. The number of anilines is 1. The van der Waals surface area contributed by atoms with Crippen LogP contribution in [-0.4, -0.2) is 23.8 Å². The summed E-state index contributed by atoms with van der Waals surface area (Å²) in [4.78, 5) is 27.8. The van der Waals surface area contributed by atoms with Gasteiger partial charge in [0.05, 0.1) is 0 Å². The molecule has 2 N–H and O–H groups in total. The number of rotatable bonds is 3. The largest absolute Gasteiger partial charge is 0.355 e. The number of halogens is 1. The Hall–Kier alpha value is -2.21. The third-order valence-corrected chi connectivity index (χ3v) is 3.40. The molecular weight excluding hydrogens is 334 g/mol. The van der Waals surface area contributed by atoms with E-state index in [0.717, 1.165) is 10.0 Å². The van der Waals surface area contributed by atoms with Gasteiger partial charge >= 0.3 is 0 Å². The number of carbonyl (C=O) groups is 2. The summed E-state index contributed by atoms with van der Waals surface area (Å²) in [5.74, 6) is -0.521. The van der Waals surface area contributed by atoms with Crippen LogP contribution in [0.3, 0.4) is 0 Å². The molecule has 2 aromatic rings. The molecule has 5 nitrogen and oxygen atoms in total. The van der Waals surface area contributed by atoms with Gasteiger partial charge in [0, 0.05) is 29.0 Å². The van der Waals surface area contributed by atoms with Gasteiger partial charge in [-0.1, -0.05) is 6.07 Å². The van der Waals surface area contributed by atoms with Crippen LogP contribution in [0.4, 0.5) is 5.69 Å². The molecule has 1 heterocycles. The summed E-state index contributed by atoms with van der Waals surface area (Å²) in [7, 11) is 1.56. The predicted octanol–water partition coefficient (Wildman–Crippen LogP) is 2.76. The van der Waals surface area contributed by atoms with Gasteiger partial charge in [0.15, 0.2) is 0 Å². The molecule has 0 bridgehead atoms. The Morgan fingerprint density at radius 1 is 1.14 bits per heavy atom. The van der Waals surface area contributed by atoms with Crippen LogP contribution >= 0.6 is 15.9 Å². The molecule has 2 amide bonds. The first kappa shape index (κ1) is 15.2. The molecule has 0 unspecified atom stereocenters. The molecule has 21 heavy (non-hydrogen) atoms. The quantitative estimate of drug-likeness (QED) is 0.896. The van der Waals surface area contributed by atoms with E-state index in [2.05, 4.69) is 31.5 Å². The maximum Gasteiger partial charge on any atom is 0.274 e. The molecule has 0 aliphatic rings. The van der Waals surface area contributed by atoms with Crippen LogP contribution in [0.2, 0.25) is 0 Å². The maximum absolute atomic E-state index is 12.1. The number of aromatic nitrogens is 1. The Morgan fingerprint density at radius 2 is 1.90 bits per heavy atom. The number of benzene rings is 1. The lowest BCUT2D eigenvalue weighted by atomic mass is 10.1. The molecular formula is C15H14BrN3O2. The highest BCUT2D eigenvalue weighted by molar-refractivity contribution is 9.10. The van der Waals surface area contributed by atoms with E-state index in [9.17, 15) is 9.59 Å². The van der Waals surface area contributed by atoms with Crippen molar-refractivity contribution >= 4 is 33.4 Å². The minimum atomic E-state index is -0.320. The van der Waals surface area contributed by atoms with Crippen molar-refractivity contribution in [1.82, 2.24) is 10.3 Å². The second kappa shape index (κ2) is 6.49. The second-order valence-electron chi connectivity index (χ2n) is 4.42. The highest BCUT2D eigenvalue weighted by Gasteiger charge is 2.11. The predicted molar refractivity (Wildman–Crippen MR) is 84.5 cm³/mol. The van der Waals surface area contributed by atoms with Gasteiger partial charge in [-0.25, -0.2) is 4.98 Å². The first-order valence-electron chi connectivity index (χ1n) is 6.27. The number of carbonyl (C=O) groups excluding carboxylic acids is 2. The van der Waals surface area contributed by atoms with Crippen LogP contribution in [0.5, 0.6) is 0 Å². The van der Waals surface area contributed by atoms with E-state index in [1.165, 1.54) is 0 Å². The molecule has 0 fully saturated rings. The fraction of sp³-hybridized carbons (Fsp3) is 0.133. The fourth-order valence-electron chi connectivity index (χ4n) is 1.74. The molecule has 0 saturated carbocycles. The second-order valence-corrected chi connectivity index (χ2v) is 5.34. The van der Waals surface area contributed by atoms with Crippen molar-refractivity contribution in [2.75, 3.05) is 12.4 Å². The lowest BCUT2D eigenvalue weighted by Crippen LogP contribution is -2.19. The van der Waals surface area contributed by atoms with Crippen LogP contribution < -0.4 is 10.6 Å². The summed E-state index contributed by atoms with van der Waals surface area (Å²) in [5, 5.41) is 5.32. The Morgan fingerprint density at radius 3 is 2.52 bits per heavy atom. The maximum atomic E-state index is 12.1. The summed E-state index contributed by atoms with van der Waals surface area (Å²) >= 11 is 3.27. The first-order valence-corrected chi connectivity index (χ1v) is 7.06. The van der Waals surface area contributed by atoms with Crippen molar-refractivity contribution in [1.29, 1.82) is 0 Å². The number of nitrogens with one attached hydrogen (secondary N) is 2. The van der Waals surface area contributed by atoms with E-state index < -0.39 is 0 Å². The van der Waals surface area contributed by atoms with Gasteiger partial charge in [-0.05, 0) is 52.7 Å². The van der Waals surface area contributed by atoms with Crippen molar-refractivity contribution < 1.29 is 9.59 Å². The molecule has 0 aliphatic heterocycles. The molecule has 0 saturated heterocycles. The van der Waals surface area contributed by atoms with Gasteiger partial charge < -0.3 is 10.6 Å². The first-order chi connectivity index (χ1) is 10.0. The summed E-state index contributed by atoms with van der Waals surface area (Å²) in [5.41, 5.74) is 2.25. The number of amides is 2. The van der Waals surface area contributed by atoms with Crippen LogP contribution in [0, 0.1) is 6.92 Å². The third-order valence-electron chi connectivity index (χ3n) is 2.94. The summed E-state index contributed by atoms with van der Waals surface area (Å²) in [6, 6.07) is 8.51. The van der Waals surface area contributed by atoms with Gasteiger partial charge in [0.25, 0.3) is 11.8 Å². The highest BCUT2D eigenvalue weighted by Crippen LogP contribution is 2.18. The zero-order valence-electron chi connectivity index (χ0n) is 11.6. The molecule has 6 heteroatoms.